The van der Waals surface area contributed by atoms with E-state index in [-0.39, 0.29) is 18.5 Å². The molecule has 0 radical (unpaired) electrons. The summed E-state index contributed by atoms with van der Waals surface area (Å²) in [5, 5.41) is 0. The first kappa shape index (κ1) is 25.9. The standard InChI is InChI=1S/C29H34O6/c1-8-35-29(30)28(22-12-14-24(32-5)26(17-22)34-7)27(20-11-13-23(31-4)19(3)15-20)21-10-9-18(2)25(16-21)33-6/h9-17,27-28H,8H2,1-7H3. The van der Waals surface area contributed by atoms with E-state index in [4.69, 9.17) is 23.7 Å². The van der Waals surface area contributed by atoms with Gasteiger partial charge in [-0.15, -0.1) is 0 Å². The molecular weight excluding hydrogens is 444 g/mol. The highest BCUT2D eigenvalue weighted by Gasteiger charge is 2.35. The maximum atomic E-state index is 13.6. The Morgan fingerprint density at radius 3 is 1.80 bits per heavy atom. The Bertz CT molecular complexity index is 1170. The maximum Gasteiger partial charge on any atom is 0.314 e. The minimum absolute atomic E-state index is 0.272. The number of ether oxygens (including phenoxy) is 5. The highest BCUT2D eigenvalue weighted by atomic mass is 16.5. The predicted octanol–water partition coefficient (Wildman–Crippen LogP) is 5.82. The van der Waals surface area contributed by atoms with Crippen LogP contribution >= 0.6 is 0 Å². The smallest absolute Gasteiger partial charge is 0.314 e. The summed E-state index contributed by atoms with van der Waals surface area (Å²) in [6.45, 7) is 6.07. The molecule has 35 heavy (non-hydrogen) atoms. The molecular formula is C29H34O6. The van der Waals surface area contributed by atoms with E-state index in [2.05, 4.69) is 6.07 Å². The number of hydrogen-bond donors (Lipinski definition) is 0. The second-order valence-electron chi connectivity index (χ2n) is 8.28. The van der Waals surface area contributed by atoms with E-state index in [9.17, 15) is 4.79 Å². The van der Waals surface area contributed by atoms with Crippen LogP contribution in [0.15, 0.2) is 54.6 Å². The molecule has 0 bridgehead atoms. The summed E-state index contributed by atoms with van der Waals surface area (Å²) < 4.78 is 27.7. The summed E-state index contributed by atoms with van der Waals surface area (Å²) in [7, 11) is 6.46. The molecule has 0 aliphatic rings. The lowest BCUT2D eigenvalue weighted by Crippen LogP contribution is -2.24. The molecule has 0 heterocycles. The van der Waals surface area contributed by atoms with Gasteiger partial charge in [0.2, 0.25) is 0 Å². The van der Waals surface area contributed by atoms with Crippen molar-refractivity contribution in [2.24, 2.45) is 0 Å². The molecule has 0 saturated heterocycles. The summed E-state index contributed by atoms with van der Waals surface area (Å²) in [4.78, 5) is 13.6. The van der Waals surface area contributed by atoms with Crippen LogP contribution in [0.3, 0.4) is 0 Å². The predicted molar refractivity (Wildman–Crippen MR) is 136 cm³/mol. The van der Waals surface area contributed by atoms with Crippen molar-refractivity contribution < 1.29 is 28.5 Å². The zero-order valence-corrected chi connectivity index (χ0v) is 21.5. The molecule has 6 nitrogen and oxygen atoms in total. The lowest BCUT2D eigenvalue weighted by molar-refractivity contribution is -0.145. The fraction of sp³-hybridized carbons (Fsp3) is 0.345. The second kappa shape index (κ2) is 11.6. The van der Waals surface area contributed by atoms with Gasteiger partial charge in [0.1, 0.15) is 11.5 Å². The third-order valence-corrected chi connectivity index (χ3v) is 6.21. The molecule has 6 heteroatoms. The van der Waals surface area contributed by atoms with Gasteiger partial charge in [-0.05, 0) is 72.9 Å². The normalized spacial score (nSPS) is 12.4. The van der Waals surface area contributed by atoms with Gasteiger partial charge in [0.25, 0.3) is 0 Å². The van der Waals surface area contributed by atoms with Crippen molar-refractivity contribution in [3.63, 3.8) is 0 Å². The Kier molecular flexibility index (Phi) is 8.63. The molecule has 2 unspecified atom stereocenters. The first-order chi connectivity index (χ1) is 16.9. The van der Waals surface area contributed by atoms with E-state index in [1.54, 1.807) is 28.4 Å². The van der Waals surface area contributed by atoms with Crippen molar-refractivity contribution in [2.75, 3.05) is 35.0 Å². The third kappa shape index (κ3) is 5.53. The van der Waals surface area contributed by atoms with Crippen LogP contribution in [0.5, 0.6) is 23.0 Å². The van der Waals surface area contributed by atoms with Crippen molar-refractivity contribution >= 4 is 5.97 Å². The number of rotatable bonds is 10. The quantitative estimate of drug-likeness (QED) is 0.342. The number of benzene rings is 3. The monoisotopic (exact) mass is 478 g/mol. The summed E-state index contributed by atoms with van der Waals surface area (Å²) in [5.41, 5.74) is 4.65. The molecule has 0 fully saturated rings. The van der Waals surface area contributed by atoms with Crippen molar-refractivity contribution in [3.8, 4) is 23.0 Å². The van der Waals surface area contributed by atoms with Gasteiger partial charge in [0.15, 0.2) is 11.5 Å². The van der Waals surface area contributed by atoms with Crippen molar-refractivity contribution in [1.82, 2.24) is 0 Å². The number of carbonyl (C=O) groups is 1. The van der Waals surface area contributed by atoms with Crippen LogP contribution in [-0.2, 0) is 9.53 Å². The van der Waals surface area contributed by atoms with Gasteiger partial charge >= 0.3 is 5.97 Å². The largest absolute Gasteiger partial charge is 0.496 e. The highest BCUT2D eigenvalue weighted by molar-refractivity contribution is 5.81. The van der Waals surface area contributed by atoms with E-state index in [0.29, 0.717) is 11.5 Å². The molecule has 2 atom stereocenters. The molecule has 3 aromatic carbocycles. The Hall–Kier alpha value is -3.67. The van der Waals surface area contributed by atoms with E-state index in [1.807, 2.05) is 69.3 Å². The molecule has 0 spiro atoms. The fourth-order valence-corrected chi connectivity index (χ4v) is 4.45. The van der Waals surface area contributed by atoms with Crippen molar-refractivity contribution in [2.45, 2.75) is 32.6 Å². The number of aryl methyl sites for hydroxylation is 2. The van der Waals surface area contributed by atoms with Gasteiger partial charge in [-0.25, -0.2) is 0 Å². The van der Waals surface area contributed by atoms with E-state index in [0.717, 1.165) is 39.3 Å². The minimum atomic E-state index is -0.644. The molecule has 186 valence electrons. The van der Waals surface area contributed by atoms with Gasteiger partial charge in [0, 0.05) is 5.92 Å². The molecule has 0 N–H and O–H groups in total. The lowest BCUT2D eigenvalue weighted by Gasteiger charge is -2.28. The molecule has 0 aromatic heterocycles. The van der Waals surface area contributed by atoms with Gasteiger partial charge in [-0.2, -0.15) is 0 Å². The Morgan fingerprint density at radius 1 is 0.657 bits per heavy atom. The summed E-state index contributed by atoms with van der Waals surface area (Å²) in [5.74, 6) is 1.36. The second-order valence-corrected chi connectivity index (χ2v) is 8.28. The first-order valence-electron chi connectivity index (χ1n) is 11.6. The zero-order chi connectivity index (χ0) is 25.5. The van der Waals surface area contributed by atoms with E-state index >= 15 is 0 Å². The molecule has 0 saturated carbocycles. The van der Waals surface area contributed by atoms with Gasteiger partial charge in [0.05, 0.1) is 41.0 Å². The van der Waals surface area contributed by atoms with Crippen LogP contribution in [-0.4, -0.2) is 41.0 Å². The fourth-order valence-electron chi connectivity index (χ4n) is 4.45. The van der Waals surface area contributed by atoms with Gasteiger partial charge in [-0.3, -0.25) is 4.79 Å². The van der Waals surface area contributed by atoms with Crippen molar-refractivity contribution in [3.05, 3.63) is 82.4 Å². The summed E-state index contributed by atoms with van der Waals surface area (Å²) >= 11 is 0. The number of hydrogen-bond acceptors (Lipinski definition) is 6. The Morgan fingerprint density at radius 2 is 1.20 bits per heavy atom. The molecule has 0 amide bonds. The lowest BCUT2D eigenvalue weighted by atomic mass is 9.76. The maximum absolute atomic E-state index is 13.6. The average molecular weight is 479 g/mol. The van der Waals surface area contributed by atoms with Crippen LogP contribution in [0.1, 0.15) is 46.6 Å². The summed E-state index contributed by atoms with van der Waals surface area (Å²) in [6.07, 6.45) is 0. The topological polar surface area (TPSA) is 63.2 Å². The zero-order valence-electron chi connectivity index (χ0n) is 21.5. The molecule has 0 aliphatic carbocycles. The van der Waals surface area contributed by atoms with Crippen LogP contribution in [0, 0.1) is 13.8 Å². The van der Waals surface area contributed by atoms with E-state index < -0.39 is 5.92 Å². The van der Waals surface area contributed by atoms with Gasteiger partial charge in [-0.1, -0.05) is 30.3 Å². The minimum Gasteiger partial charge on any atom is -0.496 e. The summed E-state index contributed by atoms with van der Waals surface area (Å²) in [6, 6.07) is 17.6. The number of carbonyl (C=O) groups excluding carboxylic acids is 1. The number of methoxy groups -OCH3 is 4. The van der Waals surface area contributed by atoms with Crippen LogP contribution in [0.4, 0.5) is 0 Å². The van der Waals surface area contributed by atoms with Gasteiger partial charge < -0.3 is 23.7 Å². The Balaban J connectivity index is 2.29. The van der Waals surface area contributed by atoms with E-state index in [1.165, 1.54) is 0 Å². The highest BCUT2D eigenvalue weighted by Crippen LogP contribution is 2.43. The third-order valence-electron chi connectivity index (χ3n) is 6.21. The van der Waals surface area contributed by atoms with Crippen LogP contribution < -0.4 is 18.9 Å². The number of esters is 1. The average Bonchev–Trinajstić information content (AvgIpc) is 2.87. The SMILES string of the molecule is CCOC(=O)C(c1ccc(OC)c(OC)c1)C(c1ccc(OC)c(C)c1)c1ccc(C)c(OC)c1. The molecule has 0 aliphatic heterocycles. The van der Waals surface area contributed by atoms with Crippen LogP contribution in [0.25, 0.3) is 0 Å². The first-order valence-corrected chi connectivity index (χ1v) is 11.6. The molecule has 3 aromatic rings. The Labute approximate surface area is 207 Å². The molecule has 3 rings (SSSR count). The van der Waals surface area contributed by atoms with Crippen LogP contribution in [0.2, 0.25) is 0 Å². The van der Waals surface area contributed by atoms with Crippen molar-refractivity contribution in [1.29, 1.82) is 0 Å².